The lowest BCUT2D eigenvalue weighted by Gasteiger charge is -2.17. The summed E-state index contributed by atoms with van der Waals surface area (Å²) in [5, 5.41) is 0. The monoisotopic (exact) mass is 1100 g/mol. The molecular formula is C76H188. The van der Waals surface area contributed by atoms with Crippen molar-refractivity contribution >= 4 is 0 Å². The fourth-order valence-electron chi connectivity index (χ4n) is 7.20. The lowest BCUT2D eigenvalue weighted by molar-refractivity contribution is 0.339. The summed E-state index contributed by atoms with van der Waals surface area (Å²) in [5.41, 5.74) is 0. The van der Waals surface area contributed by atoms with Gasteiger partial charge in [0.1, 0.15) is 0 Å². The van der Waals surface area contributed by atoms with E-state index in [1.807, 2.05) is 0 Å². The second-order valence-corrected chi connectivity index (χ2v) is 22.8. The average Bonchev–Trinajstić information content (AvgIpc) is 3.31. The van der Waals surface area contributed by atoms with Gasteiger partial charge in [0.2, 0.25) is 0 Å². The van der Waals surface area contributed by atoms with E-state index in [0.29, 0.717) is 0 Å². The molecule has 0 aliphatic carbocycles. The molecule has 0 radical (unpaired) electrons. The standard InChI is InChI=1S/2C10H22.4C8H18.2C7H16.10CH4/c2*1-5-7-8-10(6-2)9(3)4;4*1-4-6-7-8(3)5-2;2*1-4-5-6-7(2)3;;;;;;;;;;/h2*9-10H,5-8H2,1-4H3;4*8H,4-7H2,1-3H3;2*7H,4-6H2,1-3H3;10*1H4. The molecule has 0 aromatic heterocycles. The summed E-state index contributed by atoms with van der Waals surface area (Å²) in [6.07, 6.45) is 41.5. The number of hydrogen-bond acceptors (Lipinski definition) is 0. The van der Waals surface area contributed by atoms with Crippen molar-refractivity contribution in [2.45, 2.75) is 447 Å². The van der Waals surface area contributed by atoms with Gasteiger partial charge in [-0.1, -0.05) is 447 Å². The molecule has 0 heterocycles. The van der Waals surface area contributed by atoms with Crippen molar-refractivity contribution in [1.29, 1.82) is 0 Å². The van der Waals surface area contributed by atoms with E-state index in [9.17, 15) is 0 Å². The van der Waals surface area contributed by atoms with E-state index in [1.165, 1.54) is 193 Å². The van der Waals surface area contributed by atoms with E-state index in [-0.39, 0.29) is 74.3 Å². The maximum absolute atomic E-state index is 2.34. The van der Waals surface area contributed by atoms with Crippen LogP contribution < -0.4 is 0 Å². The van der Waals surface area contributed by atoms with Crippen molar-refractivity contribution in [2.75, 3.05) is 0 Å². The van der Waals surface area contributed by atoms with Gasteiger partial charge in [-0.25, -0.2) is 0 Å². The molecule has 76 heavy (non-hydrogen) atoms. The van der Waals surface area contributed by atoms with E-state index >= 15 is 0 Å². The highest BCUT2D eigenvalue weighted by molar-refractivity contribution is 4.61. The maximum atomic E-state index is 2.34. The second-order valence-electron chi connectivity index (χ2n) is 22.8. The van der Waals surface area contributed by atoms with Crippen LogP contribution in [0.15, 0.2) is 0 Å². The van der Waals surface area contributed by atoms with Gasteiger partial charge in [0.15, 0.2) is 0 Å². The molecule has 0 heteroatoms. The summed E-state index contributed by atoms with van der Waals surface area (Å²) >= 11 is 0. The van der Waals surface area contributed by atoms with Gasteiger partial charge in [-0.3, -0.25) is 0 Å². The number of unbranched alkanes of at least 4 members (excludes halogenated alkanes) is 8. The van der Waals surface area contributed by atoms with Crippen molar-refractivity contribution < 1.29 is 0 Å². The smallest absolute Gasteiger partial charge is 0.0394 e. The van der Waals surface area contributed by atoms with Crippen LogP contribution in [-0.2, 0) is 0 Å². The van der Waals surface area contributed by atoms with E-state index in [1.54, 1.807) is 0 Å². The van der Waals surface area contributed by atoms with Crippen LogP contribution in [0.5, 0.6) is 0 Å². The Labute approximate surface area is 503 Å². The normalized spacial score (nSPS) is 11.4. The summed E-state index contributed by atoms with van der Waals surface area (Å²) in [7, 11) is 0. The summed E-state index contributed by atoms with van der Waals surface area (Å²) in [6.45, 7) is 59.5. The molecule has 0 amide bonds. The van der Waals surface area contributed by atoms with E-state index in [4.69, 9.17) is 0 Å². The molecular weight excluding hydrogens is 913 g/mol. The van der Waals surface area contributed by atoms with Crippen molar-refractivity contribution in [3.63, 3.8) is 0 Å². The average molecular weight is 1100 g/mol. The molecule has 492 valence electrons. The van der Waals surface area contributed by atoms with Crippen LogP contribution in [-0.4, -0.2) is 0 Å². The molecule has 6 unspecified atom stereocenters. The van der Waals surface area contributed by atoms with E-state index < -0.39 is 0 Å². The predicted octanol–water partition coefficient (Wildman–Crippen LogP) is 32.6. The van der Waals surface area contributed by atoms with Gasteiger partial charge in [-0.15, -0.1) is 0 Å². The fourth-order valence-corrected chi connectivity index (χ4v) is 7.20. The molecule has 6 atom stereocenters. The minimum Gasteiger partial charge on any atom is -0.0776 e. The maximum Gasteiger partial charge on any atom is -0.0394 e. The van der Waals surface area contributed by atoms with Crippen LogP contribution in [0.4, 0.5) is 0 Å². The first-order chi connectivity index (χ1) is 31.2. The Morgan fingerprint density at radius 3 is 0.421 bits per heavy atom. The Morgan fingerprint density at radius 2 is 0.329 bits per heavy atom. The molecule has 0 saturated heterocycles. The predicted molar refractivity (Wildman–Crippen MR) is 388 cm³/mol. The highest BCUT2D eigenvalue weighted by Gasteiger charge is 2.10. The first-order valence-electron chi connectivity index (χ1n) is 31.2. The van der Waals surface area contributed by atoms with Crippen molar-refractivity contribution in [3.05, 3.63) is 0 Å². The number of rotatable bonds is 32. The SMILES string of the molecule is C.C.C.C.C.C.C.C.C.C.CCCCC(C)C.CCCCC(C)C.CCCCC(C)CC.CCCCC(C)CC.CCCCC(C)CC.CCCCC(C)CC.CCCCC(CC)C(C)C.CCCCC(CC)C(C)C. The third kappa shape index (κ3) is 146. The van der Waals surface area contributed by atoms with E-state index in [2.05, 4.69) is 180 Å². The molecule has 0 saturated carbocycles. The minimum atomic E-state index is 0. The van der Waals surface area contributed by atoms with Gasteiger partial charge in [-0.05, 0) is 59.2 Å². The lowest BCUT2D eigenvalue weighted by atomic mass is 9.89. The number of hydrogen-bond donors (Lipinski definition) is 0. The van der Waals surface area contributed by atoms with Gasteiger partial charge in [0.25, 0.3) is 0 Å². The molecule has 0 spiro atoms. The molecule has 0 aliphatic heterocycles. The Bertz CT molecular complexity index is 613. The molecule has 0 rings (SSSR count). The summed E-state index contributed by atoms with van der Waals surface area (Å²) in [5.74, 6) is 9.34. The largest absolute Gasteiger partial charge is 0.0776 e. The van der Waals surface area contributed by atoms with Gasteiger partial charge in [0, 0.05) is 0 Å². The zero-order valence-electron chi connectivity index (χ0n) is 53.0. The van der Waals surface area contributed by atoms with Crippen LogP contribution in [0.1, 0.15) is 447 Å². The van der Waals surface area contributed by atoms with Crippen molar-refractivity contribution in [3.8, 4) is 0 Å². The third-order valence-corrected chi connectivity index (χ3v) is 14.1. The highest BCUT2D eigenvalue weighted by atomic mass is 14.2. The zero-order chi connectivity index (χ0) is 53.0. The Hall–Kier alpha value is 0. The van der Waals surface area contributed by atoms with Gasteiger partial charge < -0.3 is 0 Å². The van der Waals surface area contributed by atoms with Crippen LogP contribution in [0.25, 0.3) is 0 Å². The topological polar surface area (TPSA) is 0 Å². The Morgan fingerprint density at radius 1 is 0.184 bits per heavy atom. The first-order valence-corrected chi connectivity index (χ1v) is 31.2. The molecule has 0 aromatic rings. The van der Waals surface area contributed by atoms with Gasteiger partial charge >= 0.3 is 0 Å². The van der Waals surface area contributed by atoms with E-state index in [0.717, 1.165) is 59.2 Å². The Kier molecular flexibility index (Phi) is 191. The molecule has 0 aromatic carbocycles. The quantitative estimate of drug-likeness (QED) is 0.0630. The van der Waals surface area contributed by atoms with Crippen LogP contribution in [0.3, 0.4) is 0 Å². The van der Waals surface area contributed by atoms with Crippen LogP contribution in [0.2, 0.25) is 0 Å². The minimum absolute atomic E-state index is 0. The van der Waals surface area contributed by atoms with Gasteiger partial charge in [0.05, 0.1) is 0 Å². The molecule has 0 aliphatic rings. The summed E-state index contributed by atoms with van der Waals surface area (Å²) < 4.78 is 0. The molecule has 0 bridgehead atoms. The van der Waals surface area contributed by atoms with Crippen LogP contribution in [0, 0.1) is 59.2 Å². The van der Waals surface area contributed by atoms with Crippen LogP contribution >= 0.6 is 0 Å². The molecule has 0 nitrogen and oxygen atoms in total. The Balaban J connectivity index is -0.0000000311. The molecule has 0 N–H and O–H groups in total. The third-order valence-electron chi connectivity index (χ3n) is 14.1. The second kappa shape index (κ2) is 114. The van der Waals surface area contributed by atoms with Crippen molar-refractivity contribution in [2.24, 2.45) is 59.2 Å². The van der Waals surface area contributed by atoms with Gasteiger partial charge in [-0.2, -0.15) is 0 Å². The zero-order valence-corrected chi connectivity index (χ0v) is 53.0. The summed E-state index contributed by atoms with van der Waals surface area (Å²) in [6, 6.07) is 0. The summed E-state index contributed by atoms with van der Waals surface area (Å²) in [4.78, 5) is 0. The lowest BCUT2D eigenvalue weighted by Crippen LogP contribution is -2.06. The first kappa shape index (κ1) is 127. The fraction of sp³-hybridized carbons (Fsp3) is 1.00. The molecule has 0 fully saturated rings. The van der Waals surface area contributed by atoms with Crippen molar-refractivity contribution in [1.82, 2.24) is 0 Å². The highest BCUT2D eigenvalue weighted by Crippen LogP contribution is 2.22.